The number of hydrogen-bond acceptors (Lipinski definition) is 5. The van der Waals surface area contributed by atoms with E-state index in [-0.39, 0.29) is 30.0 Å². The number of furan rings is 1. The Morgan fingerprint density at radius 1 is 1.37 bits per heavy atom. The summed E-state index contributed by atoms with van der Waals surface area (Å²) >= 11 is 0. The van der Waals surface area contributed by atoms with E-state index in [1.165, 1.54) is 4.57 Å². The average Bonchev–Trinajstić information content (AvgIpc) is 3.38. The third kappa shape index (κ3) is 4.84. The van der Waals surface area contributed by atoms with Gasteiger partial charge < -0.3 is 15.1 Å². The number of aromatic amines is 1. The minimum Gasteiger partial charge on any atom is -0.463 e. The highest BCUT2D eigenvalue weighted by molar-refractivity contribution is 5.96. The van der Waals surface area contributed by atoms with Gasteiger partial charge in [-0.2, -0.15) is 0 Å². The summed E-state index contributed by atoms with van der Waals surface area (Å²) in [5, 5.41) is 0. The topological polar surface area (TPSA) is 119 Å². The number of nitrogens with zero attached hydrogens (tertiary/aromatic N) is 2. The van der Waals surface area contributed by atoms with Gasteiger partial charge in [0, 0.05) is 12.6 Å². The molecule has 2 aromatic rings. The number of hydrogen-bond donors (Lipinski definition) is 3. The molecule has 1 aliphatic rings. The van der Waals surface area contributed by atoms with Crippen LogP contribution in [0.15, 0.2) is 32.4 Å². The molecule has 3 rings (SSSR count). The third-order valence-electron chi connectivity index (χ3n) is 5.66. The van der Waals surface area contributed by atoms with E-state index in [2.05, 4.69) is 4.98 Å². The van der Waals surface area contributed by atoms with Gasteiger partial charge in [0.05, 0.1) is 13.3 Å². The lowest BCUT2D eigenvalue weighted by Gasteiger charge is -2.30. The minimum atomic E-state index is -0.603. The Labute approximate surface area is 175 Å². The number of amides is 1. The summed E-state index contributed by atoms with van der Waals surface area (Å²) in [7, 11) is 1.91. The van der Waals surface area contributed by atoms with Gasteiger partial charge in [-0.1, -0.05) is 26.2 Å². The van der Waals surface area contributed by atoms with E-state index < -0.39 is 11.2 Å². The SMILES string of the molecule is CCCCn1c(N)c(N(C(=O)C[NH+](C)Cc2ccco2)C2CCCC2)c(=O)[nH]c1=O. The van der Waals surface area contributed by atoms with Gasteiger partial charge in [0.1, 0.15) is 12.4 Å². The van der Waals surface area contributed by atoms with E-state index in [0.717, 1.165) is 49.2 Å². The van der Waals surface area contributed by atoms with E-state index >= 15 is 0 Å². The fourth-order valence-electron chi connectivity index (χ4n) is 4.14. The molecule has 2 aromatic heterocycles. The Hall–Kier alpha value is -2.81. The third-order valence-corrected chi connectivity index (χ3v) is 5.66. The normalized spacial score (nSPS) is 15.4. The molecule has 0 bridgehead atoms. The van der Waals surface area contributed by atoms with Crippen molar-refractivity contribution in [2.45, 2.75) is 64.6 Å². The molecule has 164 valence electrons. The number of likely N-dealkylation sites (N-methyl/N-ethyl adjacent to an activating group) is 1. The highest BCUT2D eigenvalue weighted by Crippen LogP contribution is 2.29. The molecule has 2 heterocycles. The second-order valence-corrected chi connectivity index (χ2v) is 8.09. The van der Waals surface area contributed by atoms with Crippen molar-refractivity contribution >= 4 is 17.4 Å². The molecule has 1 saturated carbocycles. The van der Waals surface area contributed by atoms with E-state index in [0.29, 0.717) is 13.1 Å². The summed E-state index contributed by atoms with van der Waals surface area (Å²) in [6, 6.07) is 3.60. The Morgan fingerprint density at radius 2 is 2.10 bits per heavy atom. The van der Waals surface area contributed by atoms with Crippen molar-refractivity contribution in [1.29, 1.82) is 0 Å². The lowest BCUT2D eigenvalue weighted by atomic mass is 10.1. The largest absolute Gasteiger partial charge is 0.463 e. The molecular formula is C21H32N5O4+. The molecule has 1 fully saturated rings. The second-order valence-electron chi connectivity index (χ2n) is 8.09. The molecule has 4 N–H and O–H groups in total. The number of anilines is 2. The zero-order valence-corrected chi connectivity index (χ0v) is 17.8. The fourth-order valence-corrected chi connectivity index (χ4v) is 4.14. The van der Waals surface area contributed by atoms with Gasteiger partial charge in [-0.15, -0.1) is 0 Å². The lowest BCUT2D eigenvalue weighted by Crippen LogP contribution is -3.09. The first-order valence-electron chi connectivity index (χ1n) is 10.7. The first-order chi connectivity index (χ1) is 14.4. The number of nitrogens with two attached hydrogens (primary N) is 1. The van der Waals surface area contributed by atoms with Crippen LogP contribution in [0.5, 0.6) is 0 Å². The van der Waals surface area contributed by atoms with Crippen LogP contribution in [0.1, 0.15) is 51.2 Å². The van der Waals surface area contributed by atoms with Crippen molar-refractivity contribution < 1.29 is 14.1 Å². The molecule has 1 amide bonds. The van der Waals surface area contributed by atoms with Gasteiger partial charge in [0.15, 0.2) is 18.0 Å². The van der Waals surface area contributed by atoms with Crippen LogP contribution in [0.25, 0.3) is 0 Å². The maximum Gasteiger partial charge on any atom is 0.330 e. The zero-order valence-electron chi connectivity index (χ0n) is 17.8. The van der Waals surface area contributed by atoms with Crippen LogP contribution in [-0.2, 0) is 17.9 Å². The van der Waals surface area contributed by atoms with Crippen LogP contribution in [0, 0.1) is 0 Å². The molecule has 1 atom stereocenters. The van der Waals surface area contributed by atoms with Crippen molar-refractivity contribution in [1.82, 2.24) is 9.55 Å². The summed E-state index contributed by atoms with van der Waals surface area (Å²) in [6.07, 6.45) is 6.87. The fraction of sp³-hybridized carbons (Fsp3) is 0.571. The van der Waals surface area contributed by atoms with Crippen molar-refractivity contribution in [3.8, 4) is 0 Å². The number of nitrogens with one attached hydrogen (secondary N) is 2. The van der Waals surface area contributed by atoms with Crippen LogP contribution in [0.3, 0.4) is 0 Å². The molecule has 0 aliphatic heterocycles. The molecule has 0 aromatic carbocycles. The van der Waals surface area contributed by atoms with E-state index in [4.69, 9.17) is 10.2 Å². The molecule has 1 unspecified atom stereocenters. The summed E-state index contributed by atoms with van der Waals surface area (Å²) in [5.74, 6) is 0.683. The van der Waals surface area contributed by atoms with E-state index in [1.54, 1.807) is 11.2 Å². The molecule has 9 heteroatoms. The second kappa shape index (κ2) is 9.80. The molecule has 0 spiro atoms. The van der Waals surface area contributed by atoms with Gasteiger partial charge in [-0.05, 0) is 31.4 Å². The molecule has 0 radical (unpaired) electrons. The van der Waals surface area contributed by atoms with Crippen molar-refractivity contribution in [3.63, 3.8) is 0 Å². The van der Waals surface area contributed by atoms with Gasteiger partial charge in [-0.25, -0.2) is 4.79 Å². The van der Waals surface area contributed by atoms with Crippen LogP contribution >= 0.6 is 0 Å². The number of aromatic nitrogens is 2. The Morgan fingerprint density at radius 3 is 2.73 bits per heavy atom. The van der Waals surface area contributed by atoms with Gasteiger partial charge in [0.2, 0.25) is 0 Å². The van der Waals surface area contributed by atoms with Crippen LogP contribution < -0.4 is 26.8 Å². The Kier molecular flexibility index (Phi) is 7.15. The van der Waals surface area contributed by atoms with Crippen molar-refractivity contribution in [3.05, 3.63) is 45.0 Å². The highest BCUT2D eigenvalue weighted by Gasteiger charge is 2.34. The van der Waals surface area contributed by atoms with Crippen LogP contribution in [-0.4, -0.2) is 35.1 Å². The lowest BCUT2D eigenvalue weighted by molar-refractivity contribution is -0.886. The minimum absolute atomic E-state index is 0.0705. The number of H-pyrrole nitrogens is 1. The number of quaternary nitrogens is 1. The van der Waals surface area contributed by atoms with Gasteiger partial charge in [0.25, 0.3) is 11.5 Å². The standard InChI is InChI=1S/C21H31N5O4/c1-3-4-11-25-19(22)18(20(28)23-21(25)29)26(15-8-5-6-9-15)17(27)14-24(2)13-16-10-7-12-30-16/h7,10,12,15H,3-6,8-9,11,13-14,22H2,1-2H3,(H,23,28,29)/p+1. The summed E-state index contributed by atoms with van der Waals surface area (Å²) < 4.78 is 6.75. The first-order valence-corrected chi connectivity index (χ1v) is 10.7. The summed E-state index contributed by atoms with van der Waals surface area (Å²) in [6.45, 7) is 3.16. The van der Waals surface area contributed by atoms with E-state index in [1.807, 2.05) is 26.1 Å². The summed E-state index contributed by atoms with van der Waals surface area (Å²) in [5.41, 5.74) is 5.27. The maximum absolute atomic E-state index is 13.4. The molecule has 1 aliphatic carbocycles. The van der Waals surface area contributed by atoms with Gasteiger partial charge >= 0.3 is 5.69 Å². The molecular weight excluding hydrogens is 386 g/mol. The zero-order chi connectivity index (χ0) is 21.7. The van der Waals surface area contributed by atoms with Gasteiger partial charge in [-0.3, -0.25) is 24.0 Å². The maximum atomic E-state index is 13.4. The van der Waals surface area contributed by atoms with Crippen molar-refractivity contribution in [2.75, 3.05) is 24.2 Å². The smallest absolute Gasteiger partial charge is 0.330 e. The van der Waals surface area contributed by atoms with Crippen LogP contribution in [0.4, 0.5) is 11.5 Å². The molecule has 9 nitrogen and oxygen atoms in total. The highest BCUT2D eigenvalue weighted by atomic mass is 16.3. The number of rotatable bonds is 9. The number of carbonyl (C=O) groups excluding carboxylic acids is 1. The quantitative estimate of drug-likeness (QED) is 0.548. The molecule has 0 saturated heterocycles. The number of unbranched alkanes of at least 4 members (excludes halogenated alkanes) is 1. The number of carbonyl (C=O) groups is 1. The van der Waals surface area contributed by atoms with Crippen LogP contribution in [0.2, 0.25) is 0 Å². The van der Waals surface area contributed by atoms with E-state index in [9.17, 15) is 14.4 Å². The predicted molar refractivity (Wildman–Crippen MR) is 115 cm³/mol. The Balaban J connectivity index is 1.93. The Bertz CT molecular complexity index is 957. The van der Waals surface area contributed by atoms with Crippen molar-refractivity contribution in [2.24, 2.45) is 0 Å². The average molecular weight is 419 g/mol. The first kappa shape index (κ1) is 21.9. The molecule has 30 heavy (non-hydrogen) atoms. The predicted octanol–water partition coefficient (Wildman–Crippen LogP) is 0.502. The monoisotopic (exact) mass is 418 g/mol. The number of nitrogen functional groups attached to an aromatic ring is 1. The summed E-state index contributed by atoms with van der Waals surface area (Å²) in [4.78, 5) is 43.3.